The van der Waals surface area contributed by atoms with E-state index in [2.05, 4.69) is 26.1 Å². The molecule has 0 atom stereocenters. The van der Waals surface area contributed by atoms with E-state index in [1.54, 1.807) is 11.7 Å². The van der Waals surface area contributed by atoms with E-state index >= 15 is 0 Å². The van der Waals surface area contributed by atoms with E-state index in [1.165, 1.54) is 0 Å². The first kappa shape index (κ1) is 20.9. The molecular weight excluding hydrogens is 366 g/mol. The highest BCUT2D eigenvalue weighted by molar-refractivity contribution is 5.58. The van der Waals surface area contributed by atoms with Crippen molar-refractivity contribution < 1.29 is 4.74 Å². The summed E-state index contributed by atoms with van der Waals surface area (Å²) in [5.41, 5.74) is 2.13. The summed E-state index contributed by atoms with van der Waals surface area (Å²) in [6.07, 6.45) is 6.75. The fourth-order valence-electron chi connectivity index (χ4n) is 3.63. The molecule has 1 aromatic heterocycles. The highest BCUT2D eigenvalue weighted by atomic mass is 16.5. The van der Waals surface area contributed by atoms with Crippen LogP contribution in [0.25, 0.3) is 0 Å². The Morgan fingerprint density at radius 1 is 1.24 bits per heavy atom. The number of piperazine rings is 1. The summed E-state index contributed by atoms with van der Waals surface area (Å²) < 4.78 is 7.23. The van der Waals surface area contributed by atoms with Crippen LogP contribution in [0.5, 0.6) is 5.75 Å². The fourth-order valence-corrected chi connectivity index (χ4v) is 3.63. The Morgan fingerprint density at radius 2 is 2.00 bits per heavy atom. The van der Waals surface area contributed by atoms with E-state index in [4.69, 9.17) is 4.74 Å². The van der Waals surface area contributed by atoms with Crippen LogP contribution in [-0.4, -0.2) is 59.5 Å². The van der Waals surface area contributed by atoms with Gasteiger partial charge in [-0.3, -0.25) is 9.47 Å². The molecule has 1 aliphatic rings. The number of aromatic nitrogens is 3. The zero-order valence-corrected chi connectivity index (χ0v) is 17.6. The summed E-state index contributed by atoms with van der Waals surface area (Å²) in [7, 11) is 1.72. The van der Waals surface area contributed by atoms with Crippen LogP contribution in [0.4, 0.5) is 5.69 Å². The van der Waals surface area contributed by atoms with Gasteiger partial charge in [-0.2, -0.15) is 5.10 Å². The van der Waals surface area contributed by atoms with E-state index in [1.807, 2.05) is 50.3 Å². The van der Waals surface area contributed by atoms with Crippen LogP contribution in [0, 0.1) is 0 Å². The van der Waals surface area contributed by atoms with Crippen molar-refractivity contribution in [3.63, 3.8) is 0 Å². The monoisotopic (exact) mass is 397 g/mol. The molecule has 2 heterocycles. The summed E-state index contributed by atoms with van der Waals surface area (Å²) in [5, 5.41) is 6.84. The topological polar surface area (TPSA) is 66.4 Å². The lowest BCUT2D eigenvalue weighted by Gasteiger charge is -2.36. The lowest BCUT2D eigenvalue weighted by Crippen LogP contribution is -2.47. The molecule has 0 bridgehead atoms. The number of aromatic amines is 1. The van der Waals surface area contributed by atoms with Crippen molar-refractivity contribution in [2.45, 2.75) is 26.8 Å². The van der Waals surface area contributed by atoms with Gasteiger partial charge in [0.1, 0.15) is 11.6 Å². The largest absolute Gasteiger partial charge is 0.495 e. The van der Waals surface area contributed by atoms with Gasteiger partial charge in [0, 0.05) is 45.7 Å². The Balaban J connectivity index is 1.55. The van der Waals surface area contributed by atoms with Crippen molar-refractivity contribution in [1.82, 2.24) is 19.7 Å². The summed E-state index contributed by atoms with van der Waals surface area (Å²) in [6.45, 7) is 9.34. The maximum Gasteiger partial charge on any atom is 0.343 e. The van der Waals surface area contributed by atoms with Gasteiger partial charge in [0.15, 0.2) is 0 Å². The molecule has 3 rings (SSSR count). The zero-order chi connectivity index (χ0) is 20.6. The Bertz CT molecular complexity index is 904. The molecule has 1 aliphatic heterocycles. The third-order valence-corrected chi connectivity index (χ3v) is 5.27. The van der Waals surface area contributed by atoms with Crippen LogP contribution >= 0.6 is 0 Å². The number of nitrogens with zero attached hydrogens (tertiary/aromatic N) is 4. The Morgan fingerprint density at radius 3 is 2.72 bits per heavy atom. The maximum absolute atomic E-state index is 12.1. The van der Waals surface area contributed by atoms with E-state index < -0.39 is 0 Å². The van der Waals surface area contributed by atoms with Gasteiger partial charge in [-0.1, -0.05) is 35.9 Å². The normalized spacial score (nSPS) is 16.0. The number of rotatable bonds is 8. The van der Waals surface area contributed by atoms with E-state index in [9.17, 15) is 4.79 Å². The molecule has 29 heavy (non-hydrogen) atoms. The molecule has 0 amide bonds. The predicted molar refractivity (Wildman–Crippen MR) is 117 cm³/mol. The number of nitrogens with one attached hydrogen (secondary N) is 1. The first-order chi connectivity index (χ1) is 14.1. The summed E-state index contributed by atoms with van der Waals surface area (Å²) in [4.78, 5) is 16.9. The molecule has 0 spiro atoms. The van der Waals surface area contributed by atoms with E-state index in [0.29, 0.717) is 6.54 Å². The molecule has 0 saturated carbocycles. The number of hydrogen-bond acceptors (Lipinski definition) is 5. The smallest absolute Gasteiger partial charge is 0.343 e. The average molecular weight is 398 g/mol. The van der Waals surface area contributed by atoms with E-state index in [0.717, 1.165) is 62.0 Å². The third-order valence-electron chi connectivity index (χ3n) is 5.27. The number of hydrogen-bond donors (Lipinski definition) is 1. The first-order valence-electron chi connectivity index (χ1n) is 10.1. The molecule has 0 aliphatic carbocycles. The summed E-state index contributed by atoms with van der Waals surface area (Å²) in [5.74, 6) is 1.73. The quantitative estimate of drug-likeness (QED) is 0.693. The van der Waals surface area contributed by atoms with Crippen LogP contribution in [0.1, 0.15) is 19.7 Å². The molecule has 0 unspecified atom stereocenters. The molecule has 1 aromatic carbocycles. The lowest BCUT2D eigenvalue weighted by atomic mass is 10.2. The number of para-hydroxylation sites is 2. The average Bonchev–Trinajstić information content (AvgIpc) is 3.10. The summed E-state index contributed by atoms with van der Waals surface area (Å²) in [6, 6.07) is 8.16. The Labute approximate surface area is 172 Å². The van der Waals surface area contributed by atoms with E-state index in [-0.39, 0.29) is 5.69 Å². The second-order valence-corrected chi connectivity index (χ2v) is 7.32. The van der Waals surface area contributed by atoms with Crippen molar-refractivity contribution in [1.29, 1.82) is 0 Å². The molecule has 7 nitrogen and oxygen atoms in total. The molecule has 2 aromatic rings. The predicted octanol–water partition coefficient (Wildman–Crippen LogP) is 2.47. The number of allylic oxidation sites excluding steroid dienone is 4. The third kappa shape index (κ3) is 5.38. The lowest BCUT2D eigenvalue weighted by molar-refractivity contribution is 0.257. The van der Waals surface area contributed by atoms with Crippen molar-refractivity contribution >= 4 is 5.69 Å². The number of methoxy groups -OCH3 is 1. The number of benzene rings is 1. The summed E-state index contributed by atoms with van der Waals surface area (Å²) >= 11 is 0. The van der Waals surface area contributed by atoms with Gasteiger partial charge in [-0.05, 0) is 26.0 Å². The van der Waals surface area contributed by atoms with Crippen molar-refractivity contribution in [3.05, 3.63) is 64.4 Å². The van der Waals surface area contributed by atoms with Crippen molar-refractivity contribution in [2.24, 2.45) is 0 Å². The standard InChI is InChI=1S/C22H31N5O2/c1-4-5-8-18(2)17-27-21(23-24-22(27)28)11-12-25-13-15-26(16-14-25)19-9-6-7-10-20(19)29-3/h4-10H,11-17H2,1-3H3,(H,24,28)/b5-4-,18-8+. The van der Waals surface area contributed by atoms with Crippen LogP contribution in [-0.2, 0) is 13.0 Å². The van der Waals surface area contributed by atoms with Gasteiger partial charge in [-0.15, -0.1) is 0 Å². The Kier molecular flexibility index (Phi) is 7.30. The number of ether oxygens (including phenoxy) is 1. The number of anilines is 1. The highest BCUT2D eigenvalue weighted by Crippen LogP contribution is 2.28. The molecule has 7 heteroatoms. The molecule has 156 valence electrons. The second-order valence-electron chi connectivity index (χ2n) is 7.32. The van der Waals surface area contributed by atoms with Crippen molar-refractivity contribution in [2.75, 3.05) is 44.7 Å². The Hall–Kier alpha value is -2.80. The SMILES string of the molecule is C/C=C\C=C(/C)Cn1c(CCN2CCN(c3ccccc3OC)CC2)n[nH]c1=O. The molecular formula is C22H31N5O2. The number of H-pyrrole nitrogens is 1. The highest BCUT2D eigenvalue weighted by Gasteiger charge is 2.20. The fraction of sp³-hybridized carbons (Fsp3) is 0.455. The van der Waals surface area contributed by atoms with Gasteiger partial charge in [0.05, 0.1) is 12.8 Å². The van der Waals surface area contributed by atoms with Gasteiger partial charge in [-0.25, -0.2) is 9.89 Å². The van der Waals surface area contributed by atoms with Crippen LogP contribution in [0.2, 0.25) is 0 Å². The van der Waals surface area contributed by atoms with Gasteiger partial charge < -0.3 is 9.64 Å². The molecule has 1 N–H and O–H groups in total. The van der Waals surface area contributed by atoms with Gasteiger partial charge in [0.25, 0.3) is 0 Å². The minimum Gasteiger partial charge on any atom is -0.495 e. The van der Waals surface area contributed by atoms with Crippen LogP contribution < -0.4 is 15.3 Å². The molecule has 1 fully saturated rings. The van der Waals surface area contributed by atoms with Crippen molar-refractivity contribution in [3.8, 4) is 5.75 Å². The maximum atomic E-state index is 12.1. The van der Waals surface area contributed by atoms with Crippen LogP contribution in [0.3, 0.4) is 0 Å². The van der Waals surface area contributed by atoms with Gasteiger partial charge in [0.2, 0.25) is 0 Å². The minimum atomic E-state index is -0.144. The minimum absolute atomic E-state index is 0.144. The molecule has 1 saturated heterocycles. The second kappa shape index (κ2) is 10.1. The zero-order valence-electron chi connectivity index (χ0n) is 17.6. The first-order valence-corrected chi connectivity index (χ1v) is 10.1. The van der Waals surface area contributed by atoms with Gasteiger partial charge >= 0.3 is 5.69 Å². The van der Waals surface area contributed by atoms with Crippen LogP contribution in [0.15, 0.2) is 52.9 Å². The molecule has 0 radical (unpaired) electrons.